The third-order valence-corrected chi connectivity index (χ3v) is 3.74. The topological polar surface area (TPSA) is 53.2 Å². The van der Waals surface area contributed by atoms with Gasteiger partial charge in [0.15, 0.2) is 0 Å². The van der Waals surface area contributed by atoms with E-state index in [4.69, 9.17) is 4.74 Å². The van der Waals surface area contributed by atoms with Crippen LogP contribution in [-0.2, 0) is 11.8 Å². The monoisotopic (exact) mass is 252 g/mol. The summed E-state index contributed by atoms with van der Waals surface area (Å²) in [5.74, 6) is 0.435. The minimum atomic E-state index is -0.306. The highest BCUT2D eigenvalue weighted by atomic mass is 16.5. The molecule has 2 rings (SSSR count). The second-order valence-corrected chi connectivity index (χ2v) is 5.12. The van der Waals surface area contributed by atoms with Crippen LogP contribution < -0.4 is 11.2 Å². The van der Waals surface area contributed by atoms with Gasteiger partial charge in [0.05, 0.1) is 6.10 Å². The predicted molar refractivity (Wildman–Crippen MR) is 68.7 cm³/mol. The van der Waals surface area contributed by atoms with Gasteiger partial charge in [-0.1, -0.05) is 13.8 Å². The lowest BCUT2D eigenvalue weighted by Crippen LogP contribution is -2.40. The Hall–Kier alpha value is -1.36. The maximum absolute atomic E-state index is 12.1. The summed E-state index contributed by atoms with van der Waals surface area (Å²) in [6.45, 7) is 5.93. The van der Waals surface area contributed by atoms with Crippen LogP contribution >= 0.6 is 0 Å². The van der Waals surface area contributed by atoms with Crippen molar-refractivity contribution in [2.45, 2.75) is 45.9 Å². The normalized spacial score (nSPS) is 27.7. The number of hydrogen-bond donors (Lipinski definition) is 0. The fourth-order valence-corrected chi connectivity index (χ4v) is 2.59. The van der Waals surface area contributed by atoms with Gasteiger partial charge in [0.1, 0.15) is 6.23 Å². The molecule has 1 fully saturated rings. The van der Waals surface area contributed by atoms with Crippen LogP contribution in [0, 0.1) is 12.8 Å². The van der Waals surface area contributed by atoms with Crippen molar-refractivity contribution in [2.75, 3.05) is 0 Å². The molecule has 5 nitrogen and oxygen atoms in total. The van der Waals surface area contributed by atoms with Crippen LogP contribution in [0.4, 0.5) is 0 Å². The Balaban J connectivity index is 2.42. The van der Waals surface area contributed by atoms with Gasteiger partial charge in [-0.2, -0.15) is 0 Å². The molecule has 1 saturated heterocycles. The quantitative estimate of drug-likeness (QED) is 0.794. The van der Waals surface area contributed by atoms with Crippen LogP contribution in [0.2, 0.25) is 0 Å². The van der Waals surface area contributed by atoms with Gasteiger partial charge in [-0.25, -0.2) is 4.79 Å². The molecule has 0 amide bonds. The van der Waals surface area contributed by atoms with Gasteiger partial charge in [0.2, 0.25) is 0 Å². The van der Waals surface area contributed by atoms with E-state index in [1.54, 1.807) is 17.7 Å². The number of aromatic nitrogens is 2. The summed E-state index contributed by atoms with van der Waals surface area (Å²) in [6, 6.07) is 0. The van der Waals surface area contributed by atoms with E-state index in [1.807, 2.05) is 0 Å². The fourth-order valence-electron chi connectivity index (χ4n) is 2.59. The van der Waals surface area contributed by atoms with E-state index >= 15 is 0 Å². The first kappa shape index (κ1) is 13.1. The van der Waals surface area contributed by atoms with Crippen LogP contribution in [0.25, 0.3) is 0 Å². The lowest BCUT2D eigenvalue weighted by atomic mass is 10.0. The molecule has 0 aliphatic carbocycles. The fraction of sp³-hybridized carbons (Fsp3) is 0.692. The summed E-state index contributed by atoms with van der Waals surface area (Å²) in [4.78, 5) is 23.7. The van der Waals surface area contributed by atoms with Crippen molar-refractivity contribution in [3.05, 3.63) is 32.6 Å². The molecule has 1 aliphatic heterocycles. The Morgan fingerprint density at radius 2 is 2.11 bits per heavy atom. The minimum absolute atomic E-state index is 0.194. The molecule has 5 heteroatoms. The zero-order chi connectivity index (χ0) is 13.4. The highest BCUT2D eigenvalue weighted by Crippen LogP contribution is 2.33. The van der Waals surface area contributed by atoms with Gasteiger partial charge in [-0.05, 0) is 25.7 Å². The molecule has 1 aromatic heterocycles. The maximum Gasteiger partial charge on any atom is 0.332 e. The van der Waals surface area contributed by atoms with Crippen molar-refractivity contribution in [1.82, 2.24) is 9.13 Å². The third-order valence-electron chi connectivity index (χ3n) is 3.74. The van der Waals surface area contributed by atoms with Gasteiger partial charge < -0.3 is 4.74 Å². The lowest BCUT2D eigenvalue weighted by molar-refractivity contribution is -0.00829. The minimum Gasteiger partial charge on any atom is -0.354 e. The zero-order valence-corrected chi connectivity index (χ0v) is 11.3. The summed E-state index contributed by atoms with van der Waals surface area (Å²) in [5.41, 5.74) is 0.0159. The number of ether oxygens (including phenoxy) is 1. The number of nitrogens with zero attached hydrogens (tertiary/aromatic N) is 2. The molecule has 0 radical (unpaired) electrons. The van der Waals surface area contributed by atoms with E-state index in [2.05, 4.69) is 13.8 Å². The molecule has 2 heterocycles. The molecule has 0 bridgehead atoms. The number of hydrogen-bond acceptors (Lipinski definition) is 3. The smallest absolute Gasteiger partial charge is 0.332 e. The van der Waals surface area contributed by atoms with Crippen LogP contribution in [-0.4, -0.2) is 15.2 Å². The lowest BCUT2D eigenvalue weighted by Gasteiger charge is -2.16. The highest BCUT2D eigenvalue weighted by molar-refractivity contribution is 5.03. The molecule has 0 unspecified atom stereocenters. The van der Waals surface area contributed by atoms with Gasteiger partial charge in [0, 0.05) is 18.8 Å². The van der Waals surface area contributed by atoms with E-state index in [1.165, 1.54) is 7.05 Å². The van der Waals surface area contributed by atoms with Crippen molar-refractivity contribution in [3.8, 4) is 0 Å². The van der Waals surface area contributed by atoms with Gasteiger partial charge in [-0.3, -0.25) is 13.9 Å². The number of aryl methyl sites for hydroxylation is 1. The van der Waals surface area contributed by atoms with Crippen LogP contribution in [0.15, 0.2) is 15.8 Å². The molecule has 18 heavy (non-hydrogen) atoms. The predicted octanol–water partition coefficient (Wildman–Crippen LogP) is 1.19. The van der Waals surface area contributed by atoms with Crippen molar-refractivity contribution in [1.29, 1.82) is 0 Å². The van der Waals surface area contributed by atoms with Crippen LogP contribution in [0.1, 0.15) is 38.5 Å². The first-order valence-corrected chi connectivity index (χ1v) is 6.40. The Kier molecular flexibility index (Phi) is 3.43. The van der Waals surface area contributed by atoms with E-state index < -0.39 is 0 Å². The first-order chi connectivity index (χ1) is 8.45. The van der Waals surface area contributed by atoms with Gasteiger partial charge in [-0.15, -0.1) is 0 Å². The molecule has 0 aromatic carbocycles. The average molecular weight is 252 g/mol. The van der Waals surface area contributed by atoms with Crippen molar-refractivity contribution in [3.63, 3.8) is 0 Å². The molecular weight excluding hydrogens is 232 g/mol. The first-order valence-electron chi connectivity index (χ1n) is 6.40. The molecule has 0 spiro atoms. The summed E-state index contributed by atoms with van der Waals surface area (Å²) in [5, 5.41) is 0. The Labute approximate surface area is 106 Å². The van der Waals surface area contributed by atoms with E-state index in [-0.39, 0.29) is 23.6 Å². The molecule has 0 saturated carbocycles. The molecule has 100 valence electrons. The molecule has 1 aliphatic rings. The second-order valence-electron chi connectivity index (χ2n) is 5.12. The summed E-state index contributed by atoms with van der Waals surface area (Å²) in [6.07, 6.45) is 3.32. The zero-order valence-electron chi connectivity index (χ0n) is 11.3. The molecule has 1 aromatic rings. The molecule has 3 atom stereocenters. The molecule has 0 N–H and O–H groups in total. The van der Waals surface area contributed by atoms with E-state index in [0.29, 0.717) is 11.5 Å². The third kappa shape index (κ3) is 2.03. The largest absolute Gasteiger partial charge is 0.354 e. The summed E-state index contributed by atoms with van der Waals surface area (Å²) >= 11 is 0. The van der Waals surface area contributed by atoms with Gasteiger partial charge >= 0.3 is 5.69 Å². The average Bonchev–Trinajstić information content (AvgIpc) is 2.72. The van der Waals surface area contributed by atoms with Crippen LogP contribution in [0.5, 0.6) is 0 Å². The number of rotatable bonds is 2. The van der Waals surface area contributed by atoms with Gasteiger partial charge in [0.25, 0.3) is 5.56 Å². The van der Waals surface area contributed by atoms with E-state index in [0.717, 1.165) is 17.4 Å². The Morgan fingerprint density at radius 3 is 2.67 bits per heavy atom. The second kappa shape index (κ2) is 4.72. The van der Waals surface area contributed by atoms with Crippen molar-refractivity contribution < 1.29 is 4.74 Å². The maximum atomic E-state index is 12.1. The highest BCUT2D eigenvalue weighted by Gasteiger charge is 2.32. The molecular formula is C13H20N2O3. The Morgan fingerprint density at radius 1 is 1.44 bits per heavy atom. The summed E-state index contributed by atoms with van der Waals surface area (Å²) < 4.78 is 8.57. The van der Waals surface area contributed by atoms with E-state index in [9.17, 15) is 9.59 Å². The summed E-state index contributed by atoms with van der Waals surface area (Å²) in [7, 11) is 1.50. The standard InChI is InChI=1S/C13H20N2O3/c1-5-10-8(2)6-11(18-10)15-7-9(3)12(16)14(4)13(15)17/h7-8,10-11H,5-6H2,1-4H3/t8-,10-,11-/m1/s1. The van der Waals surface area contributed by atoms with Crippen molar-refractivity contribution in [2.24, 2.45) is 13.0 Å². The Bertz CT molecular complexity index is 558. The SMILES string of the molecule is CC[C@H]1O[C@@H](n2cc(C)c(=O)n(C)c2=O)C[C@H]1C. The van der Waals surface area contributed by atoms with Crippen molar-refractivity contribution >= 4 is 0 Å². The van der Waals surface area contributed by atoms with Crippen LogP contribution in [0.3, 0.4) is 0 Å².